The molecule has 1 saturated heterocycles. The molecule has 6 rings (SSSR count). The number of nitrogens with one attached hydrogen (secondary N) is 1. The molecule has 2 aromatic carbocycles. The second-order valence-electron chi connectivity index (χ2n) is 9.07. The molecule has 1 saturated carbocycles. The number of aromatic amines is 1. The Morgan fingerprint density at radius 1 is 0.933 bits per heavy atom. The molecule has 30 heavy (non-hydrogen) atoms. The van der Waals surface area contributed by atoms with E-state index in [1.807, 2.05) is 0 Å². The molecule has 1 N–H and O–H groups in total. The summed E-state index contributed by atoms with van der Waals surface area (Å²) in [6, 6.07) is 21.6. The topological polar surface area (TPSA) is 47.1 Å². The smallest absolute Gasteiger partial charge is 0.171 e. The lowest BCUT2D eigenvalue weighted by molar-refractivity contribution is -0.232. The van der Waals surface area contributed by atoms with Gasteiger partial charge in [-0.15, -0.1) is 0 Å². The number of fused-ring (bicyclic) bond motifs is 3. The van der Waals surface area contributed by atoms with Crippen LogP contribution in [0.5, 0.6) is 0 Å². The van der Waals surface area contributed by atoms with E-state index in [0.29, 0.717) is 25.0 Å². The van der Waals surface area contributed by atoms with Crippen LogP contribution in [0.15, 0.2) is 60.7 Å². The molecule has 4 heteroatoms. The van der Waals surface area contributed by atoms with Gasteiger partial charge in [-0.1, -0.05) is 67.6 Å². The van der Waals surface area contributed by atoms with Crippen molar-refractivity contribution >= 4 is 0 Å². The molecular weight excluding hydrogens is 372 g/mol. The minimum absolute atomic E-state index is 0.0989. The highest BCUT2D eigenvalue weighted by Crippen LogP contribution is 2.60. The van der Waals surface area contributed by atoms with Gasteiger partial charge in [-0.3, -0.25) is 5.10 Å². The van der Waals surface area contributed by atoms with Gasteiger partial charge >= 0.3 is 0 Å². The molecule has 2 heterocycles. The zero-order valence-corrected chi connectivity index (χ0v) is 17.4. The van der Waals surface area contributed by atoms with Crippen molar-refractivity contribution in [3.8, 4) is 11.3 Å². The molecule has 1 aromatic heterocycles. The molecule has 3 atom stereocenters. The van der Waals surface area contributed by atoms with Gasteiger partial charge in [0.15, 0.2) is 5.79 Å². The third kappa shape index (κ3) is 2.44. The molecule has 1 aliphatic heterocycles. The predicted octanol–water partition coefficient (Wildman–Crippen LogP) is 5.10. The van der Waals surface area contributed by atoms with Gasteiger partial charge in [0.2, 0.25) is 0 Å². The van der Waals surface area contributed by atoms with Gasteiger partial charge in [-0.2, -0.15) is 5.10 Å². The van der Waals surface area contributed by atoms with E-state index in [1.165, 1.54) is 28.1 Å². The zero-order chi connectivity index (χ0) is 20.2. The van der Waals surface area contributed by atoms with Crippen molar-refractivity contribution in [3.05, 3.63) is 77.5 Å². The van der Waals surface area contributed by atoms with E-state index in [2.05, 4.69) is 72.7 Å². The van der Waals surface area contributed by atoms with Crippen molar-refractivity contribution in [3.63, 3.8) is 0 Å². The van der Waals surface area contributed by atoms with E-state index in [-0.39, 0.29) is 5.41 Å². The first-order valence-electron chi connectivity index (χ1n) is 11.2. The summed E-state index contributed by atoms with van der Waals surface area (Å²) in [6.07, 6.45) is 4.07. The molecule has 1 spiro atoms. The van der Waals surface area contributed by atoms with E-state index in [9.17, 15) is 0 Å². The van der Waals surface area contributed by atoms with Gasteiger partial charge in [0.25, 0.3) is 0 Å². The average Bonchev–Trinajstić information content (AvgIpc) is 3.46. The molecule has 2 aliphatic carbocycles. The Morgan fingerprint density at radius 2 is 1.63 bits per heavy atom. The highest BCUT2D eigenvalue weighted by molar-refractivity contribution is 5.66. The van der Waals surface area contributed by atoms with Crippen LogP contribution in [-0.2, 0) is 21.3 Å². The minimum Gasteiger partial charge on any atom is -0.347 e. The van der Waals surface area contributed by atoms with Crippen LogP contribution in [0, 0.1) is 11.8 Å². The standard InChI is InChI=1S/C26H28N2O2/c1-18-22-13-12-21-23(19-8-4-2-5-9-19)27-28-24(21)25(22,20-10-6-3-7-11-20)14-15-26(18)29-16-17-30-26/h2-11,18,22H,12-17H2,1H3,(H,27,28)/t18-,22-,25+/m0/s1. The van der Waals surface area contributed by atoms with Crippen LogP contribution in [0.25, 0.3) is 11.3 Å². The van der Waals surface area contributed by atoms with Crippen molar-refractivity contribution in [2.75, 3.05) is 13.2 Å². The van der Waals surface area contributed by atoms with Gasteiger partial charge in [0, 0.05) is 23.3 Å². The Morgan fingerprint density at radius 3 is 2.37 bits per heavy atom. The molecule has 3 aliphatic rings. The maximum absolute atomic E-state index is 6.24. The fourth-order valence-corrected chi connectivity index (χ4v) is 6.54. The maximum atomic E-state index is 6.24. The van der Waals surface area contributed by atoms with Crippen molar-refractivity contribution in [1.29, 1.82) is 0 Å². The molecule has 0 bridgehead atoms. The number of H-pyrrole nitrogens is 1. The average molecular weight is 401 g/mol. The van der Waals surface area contributed by atoms with Crippen LogP contribution < -0.4 is 0 Å². The van der Waals surface area contributed by atoms with Crippen molar-refractivity contribution < 1.29 is 9.47 Å². The number of hydrogen-bond donors (Lipinski definition) is 1. The molecular formula is C26H28N2O2. The monoisotopic (exact) mass is 400 g/mol. The number of nitrogens with zero attached hydrogens (tertiary/aromatic N) is 1. The first-order valence-corrected chi connectivity index (χ1v) is 11.2. The summed E-state index contributed by atoms with van der Waals surface area (Å²) in [5, 5.41) is 8.43. The highest BCUT2D eigenvalue weighted by Gasteiger charge is 2.60. The van der Waals surface area contributed by atoms with Gasteiger partial charge in [-0.25, -0.2) is 0 Å². The van der Waals surface area contributed by atoms with Crippen molar-refractivity contribution in [2.45, 2.75) is 43.8 Å². The fourth-order valence-electron chi connectivity index (χ4n) is 6.54. The summed E-state index contributed by atoms with van der Waals surface area (Å²) < 4.78 is 12.5. The second kappa shape index (κ2) is 6.79. The first kappa shape index (κ1) is 18.3. The van der Waals surface area contributed by atoms with E-state index < -0.39 is 5.79 Å². The molecule has 0 amide bonds. The van der Waals surface area contributed by atoms with Crippen LogP contribution in [-0.4, -0.2) is 29.2 Å². The predicted molar refractivity (Wildman–Crippen MR) is 116 cm³/mol. The van der Waals surface area contributed by atoms with Crippen LogP contribution in [0.4, 0.5) is 0 Å². The van der Waals surface area contributed by atoms with Crippen molar-refractivity contribution in [1.82, 2.24) is 10.2 Å². The second-order valence-corrected chi connectivity index (χ2v) is 9.07. The zero-order valence-electron chi connectivity index (χ0n) is 17.4. The molecule has 3 aromatic rings. The van der Waals surface area contributed by atoms with Crippen LogP contribution in [0.3, 0.4) is 0 Å². The summed E-state index contributed by atoms with van der Waals surface area (Å²) in [5.74, 6) is 0.337. The lowest BCUT2D eigenvalue weighted by atomic mass is 9.52. The van der Waals surface area contributed by atoms with E-state index in [4.69, 9.17) is 14.6 Å². The van der Waals surface area contributed by atoms with Crippen molar-refractivity contribution in [2.24, 2.45) is 11.8 Å². The normalized spacial score (nSPS) is 29.5. The molecule has 4 nitrogen and oxygen atoms in total. The summed E-state index contributed by atoms with van der Waals surface area (Å²) in [7, 11) is 0. The summed E-state index contributed by atoms with van der Waals surface area (Å²) in [5.41, 5.74) is 6.30. The van der Waals surface area contributed by atoms with Crippen LogP contribution >= 0.6 is 0 Å². The third-order valence-electron chi connectivity index (χ3n) is 7.92. The Bertz CT molecular complexity index is 1040. The Hall–Kier alpha value is -2.43. The van der Waals surface area contributed by atoms with Gasteiger partial charge in [0.05, 0.1) is 24.6 Å². The van der Waals surface area contributed by atoms with Crippen LogP contribution in [0.2, 0.25) is 0 Å². The quantitative estimate of drug-likeness (QED) is 0.651. The Balaban J connectivity index is 1.53. The van der Waals surface area contributed by atoms with E-state index in [0.717, 1.165) is 25.7 Å². The number of ether oxygens (including phenoxy) is 2. The molecule has 0 radical (unpaired) electrons. The van der Waals surface area contributed by atoms with Crippen LogP contribution in [0.1, 0.15) is 43.0 Å². The third-order valence-corrected chi connectivity index (χ3v) is 7.92. The number of benzene rings is 2. The Kier molecular flexibility index (Phi) is 4.15. The van der Waals surface area contributed by atoms with E-state index in [1.54, 1.807) is 0 Å². The summed E-state index contributed by atoms with van der Waals surface area (Å²) in [4.78, 5) is 0. The summed E-state index contributed by atoms with van der Waals surface area (Å²) in [6.45, 7) is 3.75. The fraction of sp³-hybridized carbons (Fsp3) is 0.423. The first-order chi connectivity index (χ1) is 14.7. The molecule has 154 valence electrons. The number of aromatic nitrogens is 2. The van der Waals surface area contributed by atoms with E-state index >= 15 is 0 Å². The Labute approximate surface area is 177 Å². The molecule has 0 unspecified atom stereocenters. The van der Waals surface area contributed by atoms with Gasteiger partial charge in [-0.05, 0) is 36.3 Å². The largest absolute Gasteiger partial charge is 0.347 e. The highest BCUT2D eigenvalue weighted by atomic mass is 16.7. The maximum Gasteiger partial charge on any atom is 0.171 e. The lowest BCUT2D eigenvalue weighted by Crippen LogP contribution is -2.56. The number of rotatable bonds is 2. The number of hydrogen-bond acceptors (Lipinski definition) is 3. The summed E-state index contributed by atoms with van der Waals surface area (Å²) >= 11 is 0. The minimum atomic E-state index is -0.418. The lowest BCUT2D eigenvalue weighted by Gasteiger charge is -2.55. The van der Waals surface area contributed by atoms with Gasteiger partial charge < -0.3 is 9.47 Å². The van der Waals surface area contributed by atoms with Gasteiger partial charge in [0.1, 0.15) is 0 Å². The SMILES string of the molecule is C[C@H]1[C@@H]2CCc3c(n[nH]c3-c3ccccc3)[C@@]2(c2ccccc2)CCC12OCCO2. The molecule has 2 fully saturated rings.